The lowest BCUT2D eigenvalue weighted by Crippen LogP contribution is -2.50. The maximum Gasteiger partial charge on any atom is 0.252 e. The number of benzene rings is 1. The molecule has 134 valence electrons. The lowest BCUT2D eigenvalue weighted by Gasteiger charge is -2.22. The number of ether oxygens (including phenoxy) is 2. The van der Waals surface area contributed by atoms with E-state index in [1.807, 2.05) is 27.7 Å². The topological polar surface area (TPSA) is 76.7 Å². The molecular weight excluding hydrogens is 308 g/mol. The quantitative estimate of drug-likeness (QED) is 0.763. The summed E-state index contributed by atoms with van der Waals surface area (Å²) < 4.78 is 10.3. The van der Waals surface area contributed by atoms with Gasteiger partial charge in [0.25, 0.3) is 5.91 Å². The fourth-order valence-corrected chi connectivity index (χ4v) is 2.11. The number of carbonyl (C=O) groups is 2. The standard InChI is InChI=1S/C18H28N2O4/c1-11(2)10-19-18(22)16(12(3)4)20-17(21)13-7-14(23-5)9-15(8-13)24-6/h7-9,11-12,16H,10H2,1-6H3,(H,19,22)(H,20,21). The van der Waals surface area contributed by atoms with Gasteiger partial charge in [-0.2, -0.15) is 0 Å². The second-order valence-corrected chi connectivity index (χ2v) is 6.44. The smallest absolute Gasteiger partial charge is 0.252 e. The van der Waals surface area contributed by atoms with Crippen LogP contribution in [0.1, 0.15) is 38.1 Å². The molecule has 1 unspecified atom stereocenters. The van der Waals surface area contributed by atoms with Crippen LogP contribution in [0.4, 0.5) is 0 Å². The molecule has 0 spiro atoms. The van der Waals surface area contributed by atoms with Gasteiger partial charge in [0, 0.05) is 18.2 Å². The van der Waals surface area contributed by atoms with Crippen molar-refractivity contribution < 1.29 is 19.1 Å². The summed E-state index contributed by atoms with van der Waals surface area (Å²) in [6, 6.07) is 4.31. The third-order valence-corrected chi connectivity index (χ3v) is 3.53. The Bertz CT molecular complexity index is 548. The summed E-state index contributed by atoms with van der Waals surface area (Å²) in [7, 11) is 3.04. The van der Waals surface area contributed by atoms with E-state index in [2.05, 4.69) is 10.6 Å². The zero-order valence-corrected chi connectivity index (χ0v) is 15.3. The van der Waals surface area contributed by atoms with Crippen LogP contribution in [0.2, 0.25) is 0 Å². The van der Waals surface area contributed by atoms with Crippen molar-refractivity contribution in [3.05, 3.63) is 23.8 Å². The van der Waals surface area contributed by atoms with Gasteiger partial charge in [0.05, 0.1) is 14.2 Å². The number of hydrogen-bond donors (Lipinski definition) is 2. The highest BCUT2D eigenvalue weighted by molar-refractivity contribution is 5.98. The molecular formula is C18H28N2O4. The first-order valence-corrected chi connectivity index (χ1v) is 8.10. The van der Waals surface area contributed by atoms with Gasteiger partial charge in [0.15, 0.2) is 0 Å². The third-order valence-electron chi connectivity index (χ3n) is 3.53. The summed E-state index contributed by atoms with van der Waals surface area (Å²) in [6.45, 7) is 8.40. The van der Waals surface area contributed by atoms with Crippen molar-refractivity contribution >= 4 is 11.8 Å². The highest BCUT2D eigenvalue weighted by Gasteiger charge is 2.25. The second kappa shape index (κ2) is 9.15. The van der Waals surface area contributed by atoms with E-state index >= 15 is 0 Å². The predicted molar refractivity (Wildman–Crippen MR) is 93.5 cm³/mol. The van der Waals surface area contributed by atoms with Crippen molar-refractivity contribution in [3.63, 3.8) is 0 Å². The van der Waals surface area contributed by atoms with Crippen molar-refractivity contribution in [2.75, 3.05) is 20.8 Å². The minimum absolute atomic E-state index is 0.0337. The van der Waals surface area contributed by atoms with Gasteiger partial charge in [0.2, 0.25) is 5.91 Å². The Morgan fingerprint density at radius 3 is 1.96 bits per heavy atom. The van der Waals surface area contributed by atoms with Gasteiger partial charge in [-0.3, -0.25) is 9.59 Å². The van der Waals surface area contributed by atoms with Gasteiger partial charge in [-0.15, -0.1) is 0 Å². The van der Waals surface area contributed by atoms with Crippen LogP contribution >= 0.6 is 0 Å². The number of rotatable bonds is 8. The summed E-state index contributed by atoms with van der Waals surface area (Å²) in [5.41, 5.74) is 0.383. The van der Waals surface area contributed by atoms with Crippen LogP contribution in [0.5, 0.6) is 11.5 Å². The Hall–Kier alpha value is -2.24. The molecule has 1 atom stereocenters. The first-order chi connectivity index (χ1) is 11.3. The van der Waals surface area contributed by atoms with Gasteiger partial charge in [0.1, 0.15) is 17.5 Å². The molecule has 6 nitrogen and oxygen atoms in total. The minimum Gasteiger partial charge on any atom is -0.497 e. The van der Waals surface area contributed by atoms with Gasteiger partial charge in [-0.05, 0) is 24.0 Å². The van der Waals surface area contributed by atoms with Crippen molar-refractivity contribution in [1.29, 1.82) is 0 Å². The van der Waals surface area contributed by atoms with Gasteiger partial charge in [-0.1, -0.05) is 27.7 Å². The molecule has 2 N–H and O–H groups in total. The van der Waals surface area contributed by atoms with Crippen LogP contribution in [-0.2, 0) is 4.79 Å². The number of hydrogen-bond acceptors (Lipinski definition) is 4. The first-order valence-electron chi connectivity index (χ1n) is 8.10. The molecule has 0 saturated heterocycles. The molecule has 0 radical (unpaired) electrons. The highest BCUT2D eigenvalue weighted by Crippen LogP contribution is 2.22. The van der Waals surface area contributed by atoms with Crippen LogP contribution in [0.25, 0.3) is 0 Å². The van der Waals surface area contributed by atoms with Crippen molar-refractivity contribution in [2.45, 2.75) is 33.7 Å². The SMILES string of the molecule is COc1cc(OC)cc(C(=O)NC(C(=O)NCC(C)C)C(C)C)c1. The zero-order valence-electron chi connectivity index (χ0n) is 15.3. The summed E-state index contributed by atoms with van der Waals surface area (Å²) >= 11 is 0. The molecule has 0 aromatic heterocycles. The lowest BCUT2D eigenvalue weighted by atomic mass is 10.0. The molecule has 1 aromatic rings. The van der Waals surface area contributed by atoms with E-state index < -0.39 is 6.04 Å². The van der Waals surface area contributed by atoms with Crippen LogP contribution < -0.4 is 20.1 Å². The fraction of sp³-hybridized carbons (Fsp3) is 0.556. The molecule has 1 aromatic carbocycles. The van der Waals surface area contributed by atoms with Crippen LogP contribution in [0.3, 0.4) is 0 Å². The normalized spacial score (nSPS) is 12.0. The van der Waals surface area contributed by atoms with E-state index in [4.69, 9.17) is 9.47 Å². The molecule has 0 aliphatic rings. The predicted octanol–water partition coefficient (Wildman–Crippen LogP) is 2.23. The van der Waals surface area contributed by atoms with Crippen LogP contribution in [0.15, 0.2) is 18.2 Å². The molecule has 6 heteroatoms. The van der Waals surface area contributed by atoms with Crippen molar-refractivity contribution in [2.24, 2.45) is 11.8 Å². The average Bonchev–Trinajstić information content (AvgIpc) is 2.56. The Kier molecular flexibility index (Phi) is 7.55. The maximum absolute atomic E-state index is 12.5. The summed E-state index contributed by atoms with van der Waals surface area (Å²) in [4.78, 5) is 24.9. The lowest BCUT2D eigenvalue weighted by molar-refractivity contribution is -0.124. The van der Waals surface area contributed by atoms with E-state index in [0.29, 0.717) is 29.5 Å². The molecule has 0 aliphatic heterocycles. The number of methoxy groups -OCH3 is 2. The number of nitrogens with one attached hydrogen (secondary N) is 2. The molecule has 0 fully saturated rings. The van der Waals surface area contributed by atoms with Gasteiger partial charge >= 0.3 is 0 Å². The van der Waals surface area contributed by atoms with Crippen LogP contribution in [-0.4, -0.2) is 38.6 Å². The van der Waals surface area contributed by atoms with E-state index in [0.717, 1.165) is 0 Å². The van der Waals surface area contributed by atoms with Crippen LogP contribution in [0, 0.1) is 11.8 Å². The largest absolute Gasteiger partial charge is 0.497 e. The van der Waals surface area contributed by atoms with E-state index in [-0.39, 0.29) is 17.7 Å². The third kappa shape index (κ3) is 5.76. The Morgan fingerprint density at radius 2 is 1.54 bits per heavy atom. The number of amides is 2. The Balaban J connectivity index is 2.91. The van der Waals surface area contributed by atoms with Crippen molar-refractivity contribution in [3.8, 4) is 11.5 Å². The van der Waals surface area contributed by atoms with E-state index in [1.54, 1.807) is 18.2 Å². The molecule has 2 amide bonds. The molecule has 0 bridgehead atoms. The van der Waals surface area contributed by atoms with E-state index in [9.17, 15) is 9.59 Å². The van der Waals surface area contributed by atoms with E-state index in [1.165, 1.54) is 14.2 Å². The first kappa shape index (κ1) is 19.8. The highest BCUT2D eigenvalue weighted by atomic mass is 16.5. The Morgan fingerprint density at radius 1 is 1.00 bits per heavy atom. The van der Waals surface area contributed by atoms with Gasteiger partial charge in [-0.25, -0.2) is 0 Å². The molecule has 0 saturated carbocycles. The average molecular weight is 336 g/mol. The monoisotopic (exact) mass is 336 g/mol. The minimum atomic E-state index is -0.603. The molecule has 1 rings (SSSR count). The molecule has 24 heavy (non-hydrogen) atoms. The zero-order chi connectivity index (χ0) is 18.3. The fourth-order valence-electron chi connectivity index (χ4n) is 2.11. The summed E-state index contributed by atoms with van der Waals surface area (Å²) in [5, 5.41) is 5.66. The Labute approximate surface area is 143 Å². The summed E-state index contributed by atoms with van der Waals surface area (Å²) in [5.74, 6) is 0.830. The molecule has 0 heterocycles. The summed E-state index contributed by atoms with van der Waals surface area (Å²) in [6.07, 6.45) is 0. The molecule has 0 aliphatic carbocycles. The maximum atomic E-state index is 12.5. The number of carbonyl (C=O) groups excluding carboxylic acids is 2. The second-order valence-electron chi connectivity index (χ2n) is 6.44. The van der Waals surface area contributed by atoms with Gasteiger partial charge < -0.3 is 20.1 Å². The van der Waals surface area contributed by atoms with Crippen molar-refractivity contribution in [1.82, 2.24) is 10.6 Å².